The van der Waals surface area contributed by atoms with E-state index in [9.17, 15) is 18.0 Å². The molecule has 1 rings (SSSR count). The van der Waals surface area contributed by atoms with E-state index in [0.29, 0.717) is 0 Å². The van der Waals surface area contributed by atoms with Crippen molar-refractivity contribution in [1.82, 2.24) is 20.2 Å². The van der Waals surface area contributed by atoms with Gasteiger partial charge in [0.05, 0.1) is 5.69 Å². The van der Waals surface area contributed by atoms with Crippen LogP contribution in [0, 0.1) is 6.92 Å². The molecule has 0 atom stereocenters. The summed E-state index contributed by atoms with van der Waals surface area (Å²) in [4.78, 5) is 21.1. The summed E-state index contributed by atoms with van der Waals surface area (Å²) in [6.45, 7) is 2.76. The molecule has 0 spiro atoms. The van der Waals surface area contributed by atoms with Crippen molar-refractivity contribution in [2.75, 3.05) is 13.1 Å². The van der Waals surface area contributed by atoms with E-state index in [1.165, 1.54) is 13.8 Å². The van der Waals surface area contributed by atoms with Crippen molar-refractivity contribution in [3.63, 3.8) is 0 Å². The number of nitrogens with zero attached hydrogens (tertiary/aromatic N) is 1. The quantitative estimate of drug-likeness (QED) is 0.486. The van der Waals surface area contributed by atoms with Gasteiger partial charge in [0.25, 0.3) is 0 Å². The molecule has 0 aromatic carbocycles. The molecule has 1 aromatic heterocycles. The van der Waals surface area contributed by atoms with Crippen molar-refractivity contribution >= 4 is 21.9 Å². The first-order valence-corrected chi connectivity index (χ1v) is 6.76. The Morgan fingerprint density at radius 2 is 2.00 bits per heavy atom. The van der Waals surface area contributed by atoms with Gasteiger partial charge in [0, 0.05) is 20.0 Å². The number of nitrogens with one attached hydrogen (secondary N) is 3. The number of aryl methyl sites for hydroxylation is 1. The van der Waals surface area contributed by atoms with Crippen LogP contribution in [0.15, 0.2) is 4.90 Å². The Morgan fingerprint density at radius 1 is 1.37 bits per heavy atom. The molecule has 0 aliphatic heterocycles. The van der Waals surface area contributed by atoms with Crippen LogP contribution in [-0.2, 0) is 14.8 Å². The van der Waals surface area contributed by atoms with Crippen LogP contribution in [-0.4, -0.2) is 48.7 Å². The number of aromatic nitrogens is 2. The molecule has 10 heteroatoms. The summed E-state index contributed by atoms with van der Waals surface area (Å²) in [6, 6.07) is 0. The second-order valence-corrected chi connectivity index (χ2v) is 5.42. The molecule has 1 amide bonds. The van der Waals surface area contributed by atoms with E-state index < -0.39 is 26.6 Å². The average molecular weight is 290 g/mol. The number of carboxylic acids is 1. The first-order valence-electron chi connectivity index (χ1n) is 5.28. The second-order valence-electron chi connectivity index (χ2n) is 3.71. The van der Waals surface area contributed by atoms with Crippen LogP contribution in [0.4, 0.5) is 0 Å². The highest BCUT2D eigenvalue weighted by Gasteiger charge is 2.27. The Balaban J connectivity index is 2.86. The van der Waals surface area contributed by atoms with E-state index in [1.54, 1.807) is 0 Å². The van der Waals surface area contributed by atoms with Gasteiger partial charge in [-0.2, -0.15) is 5.10 Å². The molecule has 1 aromatic rings. The van der Waals surface area contributed by atoms with Crippen molar-refractivity contribution in [2.45, 2.75) is 18.7 Å². The maximum Gasteiger partial charge on any atom is 0.357 e. The molecule has 0 fully saturated rings. The third-order valence-corrected chi connectivity index (χ3v) is 3.77. The van der Waals surface area contributed by atoms with E-state index in [0.717, 1.165) is 0 Å². The first-order chi connectivity index (χ1) is 8.75. The predicted octanol–water partition coefficient (Wildman–Crippen LogP) is -1.17. The van der Waals surface area contributed by atoms with Crippen molar-refractivity contribution in [1.29, 1.82) is 0 Å². The summed E-state index contributed by atoms with van der Waals surface area (Å²) in [5, 5.41) is 17.0. The summed E-state index contributed by atoms with van der Waals surface area (Å²) >= 11 is 0. The van der Waals surface area contributed by atoms with Gasteiger partial charge in [-0.1, -0.05) is 0 Å². The Labute approximate surface area is 109 Å². The van der Waals surface area contributed by atoms with Crippen LogP contribution in [0.2, 0.25) is 0 Å². The van der Waals surface area contributed by atoms with Crippen LogP contribution >= 0.6 is 0 Å². The lowest BCUT2D eigenvalue weighted by molar-refractivity contribution is -0.118. The Bertz CT molecular complexity index is 592. The van der Waals surface area contributed by atoms with Crippen LogP contribution in [0.1, 0.15) is 23.1 Å². The third kappa shape index (κ3) is 3.76. The van der Waals surface area contributed by atoms with Crippen LogP contribution < -0.4 is 10.0 Å². The molecule has 0 saturated heterocycles. The number of rotatable bonds is 6. The van der Waals surface area contributed by atoms with Gasteiger partial charge < -0.3 is 10.4 Å². The fourth-order valence-electron chi connectivity index (χ4n) is 1.39. The molecule has 0 unspecified atom stereocenters. The van der Waals surface area contributed by atoms with Gasteiger partial charge >= 0.3 is 5.97 Å². The van der Waals surface area contributed by atoms with Crippen LogP contribution in [0.25, 0.3) is 0 Å². The number of aromatic amines is 1. The summed E-state index contributed by atoms with van der Waals surface area (Å²) in [5.41, 5.74) is -0.436. The Morgan fingerprint density at radius 3 is 2.53 bits per heavy atom. The van der Waals surface area contributed by atoms with Crippen molar-refractivity contribution in [3.05, 3.63) is 11.4 Å². The van der Waals surface area contributed by atoms with Crippen LogP contribution in [0.5, 0.6) is 0 Å². The van der Waals surface area contributed by atoms with Crippen molar-refractivity contribution in [2.24, 2.45) is 0 Å². The minimum Gasteiger partial charge on any atom is -0.476 e. The largest absolute Gasteiger partial charge is 0.476 e. The number of sulfonamides is 1. The topological polar surface area (TPSA) is 141 Å². The summed E-state index contributed by atoms with van der Waals surface area (Å²) < 4.78 is 26.1. The number of aromatic carboxylic acids is 1. The number of H-pyrrole nitrogens is 1. The lowest BCUT2D eigenvalue weighted by Crippen LogP contribution is -2.34. The molecule has 0 saturated carbocycles. The van der Waals surface area contributed by atoms with Crippen molar-refractivity contribution in [3.8, 4) is 0 Å². The number of hydrogen-bond acceptors (Lipinski definition) is 5. The zero-order valence-corrected chi connectivity index (χ0v) is 11.2. The lowest BCUT2D eigenvalue weighted by Gasteiger charge is -2.07. The highest BCUT2D eigenvalue weighted by molar-refractivity contribution is 7.89. The molecule has 19 heavy (non-hydrogen) atoms. The van der Waals surface area contributed by atoms with Gasteiger partial charge in [-0.3, -0.25) is 9.89 Å². The summed E-state index contributed by atoms with van der Waals surface area (Å²) in [5.74, 6) is -1.73. The van der Waals surface area contributed by atoms with E-state index in [1.807, 2.05) is 0 Å². The van der Waals surface area contributed by atoms with E-state index in [4.69, 9.17) is 5.11 Å². The fraction of sp³-hybridized carbons (Fsp3) is 0.444. The van der Waals surface area contributed by atoms with Crippen LogP contribution in [0.3, 0.4) is 0 Å². The molecule has 0 aliphatic carbocycles. The monoisotopic (exact) mass is 290 g/mol. The fourth-order valence-corrected chi connectivity index (χ4v) is 2.74. The second kappa shape index (κ2) is 5.80. The minimum atomic E-state index is -4.00. The Kier molecular flexibility index (Phi) is 4.62. The number of amides is 1. The molecule has 1 heterocycles. The highest BCUT2D eigenvalue weighted by atomic mass is 32.2. The third-order valence-electron chi connectivity index (χ3n) is 2.15. The van der Waals surface area contributed by atoms with Gasteiger partial charge in [0.15, 0.2) is 5.69 Å². The van der Waals surface area contributed by atoms with Gasteiger partial charge in [-0.15, -0.1) is 0 Å². The molecule has 9 nitrogen and oxygen atoms in total. The van der Waals surface area contributed by atoms with Gasteiger partial charge in [0.1, 0.15) is 4.90 Å². The van der Waals surface area contributed by atoms with Gasteiger partial charge in [-0.25, -0.2) is 17.9 Å². The molecular formula is C9H14N4O5S. The van der Waals surface area contributed by atoms with E-state index >= 15 is 0 Å². The zero-order chi connectivity index (χ0) is 14.6. The maximum atomic E-state index is 11.9. The SMILES string of the molecule is CC(=O)NCCNS(=O)(=O)c1c(C(=O)O)n[nH]c1C. The molecule has 0 radical (unpaired) electrons. The first kappa shape index (κ1) is 15.1. The number of carbonyl (C=O) groups is 2. The van der Waals surface area contributed by atoms with E-state index in [2.05, 4.69) is 20.2 Å². The molecular weight excluding hydrogens is 276 g/mol. The number of carbonyl (C=O) groups excluding carboxylic acids is 1. The van der Waals surface area contributed by atoms with Gasteiger partial charge in [0.2, 0.25) is 15.9 Å². The number of hydrogen-bond donors (Lipinski definition) is 4. The van der Waals surface area contributed by atoms with Gasteiger partial charge in [-0.05, 0) is 6.92 Å². The lowest BCUT2D eigenvalue weighted by atomic mass is 10.4. The molecule has 4 N–H and O–H groups in total. The Hall–Kier alpha value is -1.94. The summed E-state index contributed by atoms with van der Waals surface area (Å²) in [7, 11) is -4.00. The summed E-state index contributed by atoms with van der Waals surface area (Å²) in [6.07, 6.45) is 0. The molecule has 0 bridgehead atoms. The zero-order valence-electron chi connectivity index (χ0n) is 10.3. The number of carboxylic acid groups (broad SMARTS) is 1. The maximum absolute atomic E-state index is 11.9. The highest BCUT2D eigenvalue weighted by Crippen LogP contribution is 2.16. The van der Waals surface area contributed by atoms with Crippen molar-refractivity contribution < 1.29 is 23.1 Å². The normalized spacial score (nSPS) is 11.3. The molecule has 106 valence electrons. The molecule has 0 aliphatic rings. The average Bonchev–Trinajstić information content (AvgIpc) is 2.67. The van der Waals surface area contributed by atoms with E-state index in [-0.39, 0.29) is 24.7 Å². The minimum absolute atomic E-state index is 0.0500. The standard InChI is InChI=1S/C9H14N4O5S/c1-5-8(7(9(15)16)13-12-5)19(17,18)11-4-3-10-6(2)14/h11H,3-4H2,1-2H3,(H,10,14)(H,12,13)(H,15,16). The predicted molar refractivity (Wildman–Crippen MR) is 64.2 cm³/mol. The smallest absolute Gasteiger partial charge is 0.357 e.